The Hall–Kier alpha value is -3.14. The van der Waals surface area contributed by atoms with E-state index in [0.29, 0.717) is 43.5 Å². The van der Waals surface area contributed by atoms with E-state index in [4.69, 9.17) is 33.0 Å². The van der Waals surface area contributed by atoms with Gasteiger partial charge in [-0.25, -0.2) is 4.98 Å². The summed E-state index contributed by atoms with van der Waals surface area (Å²) in [5.41, 5.74) is 2.52. The summed E-state index contributed by atoms with van der Waals surface area (Å²) in [6.07, 6.45) is 0. The summed E-state index contributed by atoms with van der Waals surface area (Å²) in [5.74, 6) is 0.524. The van der Waals surface area contributed by atoms with Crippen LogP contribution in [0, 0.1) is 0 Å². The van der Waals surface area contributed by atoms with Crippen molar-refractivity contribution in [1.82, 2.24) is 10.3 Å². The first-order valence-electron chi connectivity index (χ1n) is 9.27. The maximum Gasteiger partial charge on any atom is 0.264 e. The molecule has 3 aromatic carbocycles. The maximum atomic E-state index is 12.1. The number of carbonyl (C=O) groups excluding carboxylic acids is 1. The van der Waals surface area contributed by atoms with Gasteiger partial charge < -0.3 is 19.6 Å². The molecule has 4 rings (SSSR count). The Kier molecular flexibility index (Phi) is 6.59. The van der Waals surface area contributed by atoms with Gasteiger partial charge in [-0.3, -0.25) is 10.1 Å². The van der Waals surface area contributed by atoms with Crippen molar-refractivity contribution in [2.24, 2.45) is 0 Å². The standard InChI is InChI=1S/C22H15BrClN3O4S/c23-14-9-12(5-7-17(14)28)21-26-16-10-13(6-8-19(16)31-21)25-22(32)27-20(29)11-30-18-4-2-1-3-15(18)24/h1-10,28H,11H2,(H2,25,27,29,32). The molecular formula is C22H15BrClN3O4S. The zero-order valence-electron chi connectivity index (χ0n) is 16.3. The average Bonchev–Trinajstić information content (AvgIpc) is 3.18. The van der Waals surface area contributed by atoms with Crippen molar-refractivity contribution in [3.8, 4) is 23.0 Å². The van der Waals surface area contributed by atoms with E-state index in [1.807, 2.05) is 0 Å². The Bertz CT molecular complexity index is 1330. The number of nitrogens with one attached hydrogen (secondary N) is 2. The minimum Gasteiger partial charge on any atom is -0.507 e. The van der Waals surface area contributed by atoms with Gasteiger partial charge in [0.05, 0.1) is 9.50 Å². The molecule has 32 heavy (non-hydrogen) atoms. The van der Waals surface area contributed by atoms with E-state index in [-0.39, 0.29) is 17.5 Å². The summed E-state index contributed by atoms with van der Waals surface area (Å²) in [4.78, 5) is 16.6. The largest absolute Gasteiger partial charge is 0.507 e. The number of rotatable bonds is 5. The summed E-state index contributed by atoms with van der Waals surface area (Å²) < 4.78 is 11.7. The molecule has 162 valence electrons. The monoisotopic (exact) mass is 531 g/mol. The highest BCUT2D eigenvalue weighted by Crippen LogP contribution is 2.31. The number of phenolic OH excluding ortho intramolecular Hbond substituents is 1. The molecule has 0 saturated heterocycles. The number of phenols is 1. The molecule has 0 spiro atoms. The number of aromatic nitrogens is 1. The van der Waals surface area contributed by atoms with Crippen molar-refractivity contribution >= 4 is 67.6 Å². The van der Waals surface area contributed by atoms with Gasteiger partial charge in [0.15, 0.2) is 17.3 Å². The molecule has 0 aliphatic carbocycles. The van der Waals surface area contributed by atoms with Crippen LogP contribution >= 0.6 is 39.7 Å². The van der Waals surface area contributed by atoms with E-state index in [1.54, 1.807) is 60.7 Å². The Morgan fingerprint density at radius 1 is 1.19 bits per heavy atom. The molecule has 7 nitrogen and oxygen atoms in total. The number of oxazole rings is 1. The number of halogens is 2. The van der Waals surface area contributed by atoms with Crippen molar-refractivity contribution in [1.29, 1.82) is 0 Å². The molecule has 0 unspecified atom stereocenters. The van der Waals surface area contributed by atoms with Crippen LogP contribution < -0.4 is 15.4 Å². The third-order valence-electron chi connectivity index (χ3n) is 4.29. The number of hydrogen-bond acceptors (Lipinski definition) is 6. The Balaban J connectivity index is 1.39. The van der Waals surface area contributed by atoms with Gasteiger partial charge in [-0.05, 0) is 76.7 Å². The Labute approximate surface area is 201 Å². The van der Waals surface area contributed by atoms with Crippen molar-refractivity contribution in [3.63, 3.8) is 0 Å². The van der Waals surface area contributed by atoms with Gasteiger partial charge in [0, 0.05) is 11.3 Å². The molecule has 0 atom stereocenters. The molecule has 1 heterocycles. The first-order chi connectivity index (χ1) is 15.4. The van der Waals surface area contributed by atoms with Crippen molar-refractivity contribution < 1.29 is 19.1 Å². The highest BCUT2D eigenvalue weighted by molar-refractivity contribution is 9.10. The molecular weight excluding hydrogens is 518 g/mol. The van der Waals surface area contributed by atoms with Crippen LogP contribution in [-0.2, 0) is 4.79 Å². The summed E-state index contributed by atoms with van der Waals surface area (Å²) in [7, 11) is 0. The highest BCUT2D eigenvalue weighted by Gasteiger charge is 2.12. The van der Waals surface area contributed by atoms with Gasteiger partial charge in [0.25, 0.3) is 5.91 Å². The van der Waals surface area contributed by atoms with Gasteiger partial charge in [0.2, 0.25) is 5.89 Å². The van der Waals surface area contributed by atoms with E-state index in [1.165, 1.54) is 0 Å². The van der Waals surface area contributed by atoms with E-state index < -0.39 is 5.91 Å². The molecule has 3 N–H and O–H groups in total. The molecule has 0 aliphatic heterocycles. The summed E-state index contributed by atoms with van der Waals surface area (Å²) >= 11 is 14.5. The number of ether oxygens (including phenoxy) is 1. The lowest BCUT2D eigenvalue weighted by Crippen LogP contribution is -2.37. The Morgan fingerprint density at radius 2 is 2.00 bits per heavy atom. The van der Waals surface area contributed by atoms with Gasteiger partial charge in [-0.1, -0.05) is 23.7 Å². The molecule has 10 heteroatoms. The van der Waals surface area contributed by atoms with Gasteiger partial charge >= 0.3 is 0 Å². The quantitative estimate of drug-likeness (QED) is 0.292. The first-order valence-corrected chi connectivity index (χ1v) is 10.8. The van der Waals surface area contributed by atoms with Crippen LogP contribution in [0.5, 0.6) is 11.5 Å². The third-order valence-corrected chi connectivity index (χ3v) is 5.44. The van der Waals surface area contributed by atoms with Gasteiger partial charge in [-0.15, -0.1) is 0 Å². The number of hydrogen-bond donors (Lipinski definition) is 3. The SMILES string of the molecule is O=C(COc1ccccc1Cl)NC(=S)Nc1ccc2oc(-c3ccc(O)c(Br)c3)nc2c1. The molecule has 1 aromatic heterocycles. The smallest absolute Gasteiger partial charge is 0.264 e. The summed E-state index contributed by atoms with van der Waals surface area (Å²) in [6, 6.07) is 17.1. The van der Waals surface area contributed by atoms with Crippen LogP contribution in [-0.4, -0.2) is 27.7 Å². The maximum absolute atomic E-state index is 12.1. The van der Waals surface area contributed by atoms with Crippen LogP contribution in [0.3, 0.4) is 0 Å². The van der Waals surface area contributed by atoms with Crippen molar-refractivity contribution in [3.05, 3.63) is 70.2 Å². The number of aromatic hydroxyl groups is 1. The number of nitrogens with zero attached hydrogens (tertiary/aromatic N) is 1. The van der Waals surface area contributed by atoms with Gasteiger partial charge in [-0.2, -0.15) is 0 Å². The number of thiocarbonyl (C=S) groups is 1. The fraction of sp³-hybridized carbons (Fsp3) is 0.0455. The minimum absolute atomic E-state index is 0.114. The number of para-hydroxylation sites is 1. The van der Waals surface area contributed by atoms with Crippen molar-refractivity contribution in [2.75, 3.05) is 11.9 Å². The van der Waals surface area contributed by atoms with Crippen LogP contribution in [0.2, 0.25) is 5.02 Å². The lowest BCUT2D eigenvalue weighted by atomic mass is 10.2. The zero-order chi connectivity index (χ0) is 22.7. The van der Waals surface area contributed by atoms with E-state index in [9.17, 15) is 9.90 Å². The zero-order valence-corrected chi connectivity index (χ0v) is 19.4. The second-order valence-corrected chi connectivity index (χ2v) is 8.26. The number of amides is 1. The van der Waals surface area contributed by atoms with Crippen LogP contribution in [0.25, 0.3) is 22.6 Å². The molecule has 0 bridgehead atoms. The fourth-order valence-corrected chi connectivity index (χ4v) is 3.60. The predicted octanol–water partition coefficient (Wildman–Crippen LogP) is 5.51. The van der Waals surface area contributed by atoms with E-state index in [0.717, 1.165) is 0 Å². The topological polar surface area (TPSA) is 96.6 Å². The molecule has 4 aromatic rings. The molecule has 0 saturated carbocycles. The molecule has 1 amide bonds. The third kappa shape index (κ3) is 5.18. The Morgan fingerprint density at radius 3 is 2.78 bits per heavy atom. The number of carbonyl (C=O) groups is 1. The number of anilines is 1. The molecule has 0 aliphatic rings. The minimum atomic E-state index is -0.426. The van der Waals surface area contributed by atoms with E-state index in [2.05, 4.69) is 31.5 Å². The number of benzene rings is 3. The lowest BCUT2D eigenvalue weighted by Gasteiger charge is -2.11. The molecule has 0 radical (unpaired) electrons. The van der Waals surface area contributed by atoms with E-state index >= 15 is 0 Å². The summed E-state index contributed by atoms with van der Waals surface area (Å²) in [6.45, 7) is -0.237. The second-order valence-electron chi connectivity index (χ2n) is 6.59. The molecule has 0 fully saturated rings. The van der Waals surface area contributed by atoms with Crippen LogP contribution in [0.4, 0.5) is 5.69 Å². The fourth-order valence-electron chi connectivity index (χ4n) is 2.80. The van der Waals surface area contributed by atoms with Crippen molar-refractivity contribution in [2.45, 2.75) is 0 Å². The lowest BCUT2D eigenvalue weighted by molar-refractivity contribution is -0.121. The highest BCUT2D eigenvalue weighted by atomic mass is 79.9. The first kappa shape index (κ1) is 22.1. The normalized spacial score (nSPS) is 10.7. The second kappa shape index (κ2) is 9.56. The predicted molar refractivity (Wildman–Crippen MR) is 130 cm³/mol. The van der Waals surface area contributed by atoms with Gasteiger partial charge in [0.1, 0.15) is 17.0 Å². The van der Waals surface area contributed by atoms with Crippen LogP contribution in [0.15, 0.2) is 69.6 Å². The summed E-state index contributed by atoms with van der Waals surface area (Å²) in [5, 5.41) is 15.7. The van der Waals surface area contributed by atoms with Crippen LogP contribution in [0.1, 0.15) is 0 Å². The number of fused-ring (bicyclic) bond motifs is 1. The average molecular weight is 533 g/mol.